The first kappa shape index (κ1) is 30.0. The Balaban J connectivity index is 2.79. The molecule has 35 heavy (non-hydrogen) atoms. The molecule has 0 saturated heterocycles. The number of carbonyl (C=O) groups excluding carboxylic acids is 3. The van der Waals surface area contributed by atoms with E-state index in [0.717, 1.165) is 0 Å². The van der Waals surface area contributed by atoms with Crippen molar-refractivity contribution in [3.8, 4) is 0 Å². The molecule has 1 rings (SSSR count). The van der Waals surface area contributed by atoms with Gasteiger partial charge in [0.25, 0.3) is 0 Å². The number of aromatic amines is 1. The van der Waals surface area contributed by atoms with Gasteiger partial charge in [-0.25, -0.2) is 9.78 Å². The van der Waals surface area contributed by atoms with Crippen LogP contribution in [0.3, 0.4) is 0 Å². The molecule has 0 aliphatic heterocycles. The summed E-state index contributed by atoms with van der Waals surface area (Å²) in [5, 5.41) is 26.4. The van der Waals surface area contributed by atoms with E-state index in [0.29, 0.717) is 44.5 Å². The number of imidazole rings is 1. The van der Waals surface area contributed by atoms with Crippen LogP contribution in [0.1, 0.15) is 44.2 Å². The van der Waals surface area contributed by atoms with E-state index in [1.54, 1.807) is 0 Å². The van der Waals surface area contributed by atoms with Crippen LogP contribution in [-0.2, 0) is 25.6 Å². The molecular weight excluding hydrogens is 460 g/mol. The summed E-state index contributed by atoms with van der Waals surface area (Å²) in [4.78, 5) is 56.1. The fraction of sp³-hybridized carbons (Fsp3) is 0.667. The number of aliphatic hydroxyl groups is 1. The molecule has 198 valence electrons. The van der Waals surface area contributed by atoms with Crippen LogP contribution in [0.5, 0.6) is 0 Å². The molecule has 0 radical (unpaired) electrons. The smallest absolute Gasteiger partial charge is 0.326 e. The molecular formula is C21H38N8O6. The van der Waals surface area contributed by atoms with Gasteiger partial charge in [-0.15, -0.1) is 0 Å². The van der Waals surface area contributed by atoms with Gasteiger partial charge in [0, 0.05) is 18.3 Å². The number of hydrogen-bond donors (Lipinski definition) is 9. The van der Waals surface area contributed by atoms with Crippen LogP contribution in [0.4, 0.5) is 0 Å². The Morgan fingerprint density at radius 3 is 1.94 bits per heavy atom. The standard InChI is InChI=1S/C21H38N8O6/c22-7-3-1-5-15(19(32)28-16(21(34)35)6-2-4-8-23)27-20(33)17(11-30)29-18(31)14(24)9-13-10-25-12-26-13/h10,12,14-17,30H,1-9,11,22-24H2,(H,25,26)(H,27,33)(H,28,32)(H,29,31)(H,34,35). The summed E-state index contributed by atoms with van der Waals surface area (Å²) in [6.07, 6.45) is 5.65. The summed E-state index contributed by atoms with van der Waals surface area (Å²) in [6, 6.07) is -4.60. The highest BCUT2D eigenvalue weighted by Crippen LogP contribution is 2.06. The number of aromatic nitrogens is 2. The molecule has 0 saturated carbocycles. The van der Waals surface area contributed by atoms with Crippen LogP contribution in [0.2, 0.25) is 0 Å². The monoisotopic (exact) mass is 498 g/mol. The maximum Gasteiger partial charge on any atom is 0.326 e. The van der Waals surface area contributed by atoms with Gasteiger partial charge in [-0.05, 0) is 51.6 Å². The lowest BCUT2D eigenvalue weighted by Crippen LogP contribution is -2.58. The van der Waals surface area contributed by atoms with E-state index in [4.69, 9.17) is 17.2 Å². The van der Waals surface area contributed by atoms with Crippen molar-refractivity contribution in [2.75, 3.05) is 19.7 Å². The molecule has 0 aliphatic carbocycles. The summed E-state index contributed by atoms with van der Waals surface area (Å²) in [7, 11) is 0. The zero-order chi connectivity index (χ0) is 26.2. The van der Waals surface area contributed by atoms with E-state index in [-0.39, 0.29) is 19.3 Å². The molecule has 0 spiro atoms. The SMILES string of the molecule is NCCCCC(NC(=O)C(CCCCN)NC(=O)C(CO)NC(=O)C(N)Cc1cnc[nH]1)C(=O)O. The highest BCUT2D eigenvalue weighted by atomic mass is 16.4. The summed E-state index contributed by atoms with van der Waals surface area (Å²) >= 11 is 0. The van der Waals surface area contributed by atoms with Crippen LogP contribution < -0.4 is 33.2 Å². The van der Waals surface area contributed by atoms with E-state index in [9.17, 15) is 29.4 Å². The molecule has 14 nitrogen and oxygen atoms in total. The maximum absolute atomic E-state index is 12.8. The van der Waals surface area contributed by atoms with Crippen molar-refractivity contribution in [2.45, 2.75) is 69.1 Å². The number of carboxylic acids is 1. The Morgan fingerprint density at radius 2 is 1.43 bits per heavy atom. The Hall–Kier alpha value is -3.07. The van der Waals surface area contributed by atoms with E-state index >= 15 is 0 Å². The van der Waals surface area contributed by atoms with Crippen LogP contribution in [-0.4, -0.2) is 87.7 Å². The Kier molecular flexibility index (Phi) is 14.2. The second-order valence-corrected chi connectivity index (χ2v) is 8.16. The molecule has 0 aromatic carbocycles. The quantitative estimate of drug-likeness (QED) is 0.0931. The number of nitrogens with zero attached hydrogens (tertiary/aromatic N) is 1. The van der Waals surface area contributed by atoms with Crippen LogP contribution >= 0.6 is 0 Å². The van der Waals surface area contributed by atoms with Gasteiger partial charge in [0.15, 0.2) is 0 Å². The fourth-order valence-corrected chi connectivity index (χ4v) is 3.26. The van der Waals surface area contributed by atoms with Gasteiger partial charge >= 0.3 is 5.97 Å². The summed E-state index contributed by atoms with van der Waals surface area (Å²) in [5.74, 6) is -3.37. The lowest BCUT2D eigenvalue weighted by Gasteiger charge is -2.24. The highest BCUT2D eigenvalue weighted by molar-refractivity contribution is 5.94. The van der Waals surface area contributed by atoms with Gasteiger partial charge in [-0.2, -0.15) is 0 Å². The van der Waals surface area contributed by atoms with Gasteiger partial charge in [-0.3, -0.25) is 14.4 Å². The predicted molar refractivity (Wildman–Crippen MR) is 127 cm³/mol. The van der Waals surface area contributed by atoms with Crippen molar-refractivity contribution in [1.82, 2.24) is 25.9 Å². The minimum atomic E-state index is -1.36. The third kappa shape index (κ3) is 11.3. The van der Waals surface area contributed by atoms with Crippen LogP contribution in [0.25, 0.3) is 0 Å². The largest absolute Gasteiger partial charge is 0.480 e. The average Bonchev–Trinajstić information content (AvgIpc) is 3.33. The molecule has 14 heteroatoms. The van der Waals surface area contributed by atoms with Gasteiger partial charge in [-0.1, -0.05) is 0 Å². The van der Waals surface area contributed by atoms with Crippen molar-refractivity contribution in [1.29, 1.82) is 0 Å². The Bertz CT molecular complexity index is 791. The van der Waals surface area contributed by atoms with Crippen molar-refractivity contribution < 1.29 is 29.4 Å². The highest BCUT2D eigenvalue weighted by Gasteiger charge is 2.29. The molecule has 1 aromatic heterocycles. The number of amides is 3. The zero-order valence-corrected chi connectivity index (χ0v) is 19.7. The summed E-state index contributed by atoms with van der Waals surface area (Å²) in [5.41, 5.74) is 17.4. The number of hydrogen-bond acceptors (Lipinski definition) is 9. The van der Waals surface area contributed by atoms with E-state index < -0.39 is 54.5 Å². The number of rotatable bonds is 18. The van der Waals surface area contributed by atoms with Crippen molar-refractivity contribution >= 4 is 23.7 Å². The summed E-state index contributed by atoms with van der Waals surface area (Å²) < 4.78 is 0. The normalized spacial score (nSPS) is 14.4. The van der Waals surface area contributed by atoms with E-state index in [2.05, 4.69) is 25.9 Å². The molecule has 0 bridgehead atoms. The molecule has 0 aliphatic rings. The number of H-pyrrole nitrogens is 1. The molecule has 4 atom stereocenters. The van der Waals surface area contributed by atoms with Gasteiger partial charge < -0.3 is 48.3 Å². The van der Waals surface area contributed by atoms with Crippen molar-refractivity contribution in [3.63, 3.8) is 0 Å². The lowest BCUT2D eigenvalue weighted by molar-refractivity contribution is -0.142. The molecule has 3 amide bonds. The number of carboxylic acid groups (broad SMARTS) is 1. The Morgan fingerprint density at radius 1 is 0.886 bits per heavy atom. The second-order valence-electron chi connectivity index (χ2n) is 8.16. The zero-order valence-electron chi connectivity index (χ0n) is 19.7. The molecule has 4 unspecified atom stereocenters. The number of nitrogens with two attached hydrogens (primary N) is 3. The van der Waals surface area contributed by atoms with E-state index in [1.807, 2.05) is 0 Å². The maximum atomic E-state index is 12.8. The molecule has 12 N–H and O–H groups in total. The minimum absolute atomic E-state index is 0.135. The summed E-state index contributed by atoms with van der Waals surface area (Å²) in [6.45, 7) is 0.0445. The Labute approximate surface area is 203 Å². The van der Waals surface area contributed by atoms with Gasteiger partial charge in [0.2, 0.25) is 17.7 Å². The first-order valence-electron chi connectivity index (χ1n) is 11.6. The number of unbranched alkanes of at least 4 members (excludes halogenated alkanes) is 2. The number of aliphatic carboxylic acids is 1. The third-order valence-electron chi connectivity index (χ3n) is 5.29. The molecule has 1 heterocycles. The number of aliphatic hydroxyl groups excluding tert-OH is 1. The second kappa shape index (κ2) is 16.5. The topological polar surface area (TPSA) is 252 Å². The number of carbonyl (C=O) groups is 4. The third-order valence-corrected chi connectivity index (χ3v) is 5.29. The van der Waals surface area contributed by atoms with E-state index in [1.165, 1.54) is 12.5 Å². The van der Waals surface area contributed by atoms with Crippen molar-refractivity contribution in [2.24, 2.45) is 17.2 Å². The first-order valence-corrected chi connectivity index (χ1v) is 11.6. The molecule has 1 aromatic rings. The van der Waals surface area contributed by atoms with Crippen molar-refractivity contribution in [3.05, 3.63) is 18.2 Å². The first-order chi connectivity index (χ1) is 16.7. The van der Waals surface area contributed by atoms with Gasteiger partial charge in [0.05, 0.1) is 19.0 Å². The number of nitrogens with one attached hydrogen (secondary N) is 4. The minimum Gasteiger partial charge on any atom is -0.480 e. The fourth-order valence-electron chi connectivity index (χ4n) is 3.26. The lowest BCUT2D eigenvalue weighted by atomic mass is 10.1. The predicted octanol–water partition coefficient (Wildman–Crippen LogP) is -2.93. The van der Waals surface area contributed by atoms with Crippen LogP contribution in [0, 0.1) is 0 Å². The molecule has 0 fully saturated rings. The van der Waals surface area contributed by atoms with Crippen LogP contribution in [0.15, 0.2) is 12.5 Å². The average molecular weight is 499 g/mol. The van der Waals surface area contributed by atoms with Gasteiger partial charge in [0.1, 0.15) is 18.1 Å².